The number of nitrogens with one attached hydrogen (secondary N) is 2. The van der Waals surface area contributed by atoms with Gasteiger partial charge in [-0.15, -0.1) is 5.10 Å². The number of aromatic amines is 2. The first-order chi connectivity index (χ1) is 10.2. The molecule has 3 heterocycles. The topological polar surface area (TPSA) is 104 Å². The van der Waals surface area contributed by atoms with Crippen molar-refractivity contribution in [3.8, 4) is 0 Å². The van der Waals surface area contributed by atoms with Gasteiger partial charge >= 0.3 is 5.69 Å². The van der Waals surface area contributed by atoms with Crippen LogP contribution in [-0.4, -0.2) is 34.4 Å². The number of furan rings is 1. The first-order valence-corrected chi connectivity index (χ1v) is 6.80. The second-order valence-electron chi connectivity index (χ2n) is 4.93. The average Bonchev–Trinajstić information content (AvgIpc) is 3.11. The summed E-state index contributed by atoms with van der Waals surface area (Å²) in [4.78, 5) is 27.0. The summed E-state index contributed by atoms with van der Waals surface area (Å²) in [6.45, 7) is 1.63. The van der Waals surface area contributed by atoms with Crippen LogP contribution >= 0.6 is 0 Å². The van der Waals surface area contributed by atoms with Crippen molar-refractivity contribution in [2.45, 2.75) is 25.5 Å². The van der Waals surface area contributed by atoms with Crippen LogP contribution in [0.1, 0.15) is 18.6 Å². The van der Waals surface area contributed by atoms with Crippen LogP contribution in [0.15, 0.2) is 32.4 Å². The van der Waals surface area contributed by atoms with Gasteiger partial charge in [-0.05, 0) is 25.0 Å². The Bertz CT molecular complexity index is 685. The lowest BCUT2D eigenvalue weighted by atomic mass is 10.2. The van der Waals surface area contributed by atoms with E-state index in [4.69, 9.17) is 9.15 Å². The molecule has 112 valence electrons. The van der Waals surface area contributed by atoms with Gasteiger partial charge in [0.2, 0.25) is 5.82 Å². The Morgan fingerprint density at radius 1 is 1.43 bits per heavy atom. The molecule has 3 rings (SSSR count). The zero-order valence-corrected chi connectivity index (χ0v) is 11.4. The Hall–Kier alpha value is -2.35. The molecule has 0 radical (unpaired) electrons. The van der Waals surface area contributed by atoms with E-state index < -0.39 is 11.2 Å². The number of ether oxygens (including phenoxy) is 1. The van der Waals surface area contributed by atoms with E-state index in [1.807, 2.05) is 6.07 Å². The first kappa shape index (κ1) is 13.6. The zero-order chi connectivity index (χ0) is 14.7. The van der Waals surface area contributed by atoms with E-state index in [0.29, 0.717) is 18.8 Å². The Balaban J connectivity index is 1.86. The summed E-state index contributed by atoms with van der Waals surface area (Å²) in [7, 11) is 0. The van der Waals surface area contributed by atoms with Crippen LogP contribution < -0.4 is 16.1 Å². The normalized spacial score (nSPS) is 18.0. The predicted molar refractivity (Wildman–Crippen MR) is 74.2 cm³/mol. The van der Waals surface area contributed by atoms with Crippen molar-refractivity contribution >= 4 is 5.82 Å². The summed E-state index contributed by atoms with van der Waals surface area (Å²) in [6.07, 6.45) is 3.57. The molecule has 0 aromatic carbocycles. The molecule has 0 saturated carbocycles. The van der Waals surface area contributed by atoms with Crippen molar-refractivity contribution in [3.63, 3.8) is 0 Å². The lowest BCUT2D eigenvalue weighted by molar-refractivity contribution is 0.115. The van der Waals surface area contributed by atoms with E-state index in [2.05, 4.69) is 15.2 Å². The Kier molecular flexibility index (Phi) is 3.87. The molecule has 1 atom stereocenters. The highest BCUT2D eigenvalue weighted by atomic mass is 16.5. The van der Waals surface area contributed by atoms with Crippen LogP contribution in [0.3, 0.4) is 0 Å². The molecule has 1 aliphatic heterocycles. The molecular formula is C13H16N4O4. The molecule has 2 N–H and O–H groups in total. The van der Waals surface area contributed by atoms with Crippen LogP contribution in [0.4, 0.5) is 5.82 Å². The summed E-state index contributed by atoms with van der Waals surface area (Å²) in [5.74, 6) is 0.863. The van der Waals surface area contributed by atoms with Crippen molar-refractivity contribution in [2.75, 3.05) is 18.1 Å². The third-order valence-corrected chi connectivity index (χ3v) is 3.37. The van der Waals surface area contributed by atoms with Gasteiger partial charge in [0.1, 0.15) is 5.76 Å². The molecule has 0 spiro atoms. The Labute approximate surface area is 119 Å². The van der Waals surface area contributed by atoms with Gasteiger partial charge in [-0.3, -0.25) is 9.78 Å². The van der Waals surface area contributed by atoms with Gasteiger partial charge in [-0.2, -0.15) is 0 Å². The number of anilines is 1. The van der Waals surface area contributed by atoms with Crippen molar-refractivity contribution < 1.29 is 9.15 Å². The lowest BCUT2D eigenvalue weighted by Crippen LogP contribution is -2.38. The molecular weight excluding hydrogens is 276 g/mol. The van der Waals surface area contributed by atoms with Crippen LogP contribution in [0, 0.1) is 0 Å². The zero-order valence-electron chi connectivity index (χ0n) is 11.4. The molecule has 1 unspecified atom stereocenters. The molecule has 2 aromatic rings. The first-order valence-electron chi connectivity index (χ1n) is 6.80. The van der Waals surface area contributed by atoms with E-state index >= 15 is 0 Å². The number of H-pyrrole nitrogens is 2. The van der Waals surface area contributed by atoms with Gasteiger partial charge in [0.25, 0.3) is 5.56 Å². The van der Waals surface area contributed by atoms with Crippen molar-refractivity contribution in [3.05, 3.63) is 45.0 Å². The van der Waals surface area contributed by atoms with Gasteiger partial charge in [-0.1, -0.05) is 0 Å². The van der Waals surface area contributed by atoms with E-state index in [-0.39, 0.29) is 11.9 Å². The standard InChI is InChI=1S/C13H16N4O4/c18-12-11(15-16-13(19)14-12)17(7-9-3-1-5-20-9)8-10-4-2-6-21-10/h1,3,5,10H,2,4,6-8H2,(H2,14,16,18,19). The summed E-state index contributed by atoms with van der Waals surface area (Å²) in [6, 6.07) is 3.60. The highest BCUT2D eigenvalue weighted by molar-refractivity contribution is 5.35. The molecule has 1 saturated heterocycles. The minimum absolute atomic E-state index is 0.0492. The second-order valence-corrected chi connectivity index (χ2v) is 4.93. The summed E-state index contributed by atoms with van der Waals surface area (Å²) >= 11 is 0. The van der Waals surface area contributed by atoms with Gasteiger partial charge in [0.15, 0.2) is 0 Å². The van der Waals surface area contributed by atoms with Gasteiger partial charge in [0, 0.05) is 13.2 Å². The number of nitrogens with zero attached hydrogens (tertiary/aromatic N) is 2. The van der Waals surface area contributed by atoms with Crippen molar-refractivity contribution in [1.82, 2.24) is 15.2 Å². The van der Waals surface area contributed by atoms with Crippen LogP contribution in [-0.2, 0) is 11.3 Å². The predicted octanol–water partition coefficient (Wildman–Crippen LogP) is 0.237. The average molecular weight is 292 g/mol. The smallest absolute Gasteiger partial charge is 0.342 e. The van der Waals surface area contributed by atoms with Gasteiger partial charge in [0.05, 0.1) is 18.9 Å². The third-order valence-electron chi connectivity index (χ3n) is 3.37. The maximum absolute atomic E-state index is 11.9. The SMILES string of the molecule is O=c1[nH]nc(N(Cc2ccco2)CC2CCCO2)c(=O)[nH]1. The van der Waals surface area contributed by atoms with Crippen molar-refractivity contribution in [1.29, 1.82) is 0 Å². The Morgan fingerprint density at radius 3 is 3.00 bits per heavy atom. The number of hydrogen-bond acceptors (Lipinski definition) is 6. The number of rotatable bonds is 5. The minimum Gasteiger partial charge on any atom is -0.467 e. The minimum atomic E-state index is -0.626. The Morgan fingerprint density at radius 2 is 2.33 bits per heavy atom. The summed E-state index contributed by atoms with van der Waals surface area (Å²) in [5.41, 5.74) is -1.15. The fourth-order valence-corrected chi connectivity index (χ4v) is 2.41. The molecule has 0 amide bonds. The van der Waals surface area contributed by atoms with Crippen LogP contribution in [0.2, 0.25) is 0 Å². The molecule has 0 bridgehead atoms. The van der Waals surface area contributed by atoms with Crippen LogP contribution in [0.25, 0.3) is 0 Å². The maximum atomic E-state index is 11.9. The number of aromatic nitrogens is 3. The maximum Gasteiger partial charge on any atom is 0.342 e. The molecule has 21 heavy (non-hydrogen) atoms. The monoisotopic (exact) mass is 292 g/mol. The quantitative estimate of drug-likeness (QED) is 0.818. The molecule has 1 fully saturated rings. The van der Waals surface area contributed by atoms with Gasteiger partial charge in [-0.25, -0.2) is 9.89 Å². The van der Waals surface area contributed by atoms with E-state index in [1.165, 1.54) is 0 Å². The molecule has 8 nitrogen and oxygen atoms in total. The van der Waals surface area contributed by atoms with Gasteiger partial charge < -0.3 is 14.1 Å². The largest absolute Gasteiger partial charge is 0.467 e. The highest BCUT2D eigenvalue weighted by Crippen LogP contribution is 2.17. The summed E-state index contributed by atoms with van der Waals surface area (Å²) in [5, 5.41) is 6.10. The molecule has 8 heteroatoms. The number of hydrogen-bond donors (Lipinski definition) is 2. The highest BCUT2D eigenvalue weighted by Gasteiger charge is 2.23. The van der Waals surface area contributed by atoms with Crippen molar-refractivity contribution in [2.24, 2.45) is 0 Å². The molecule has 1 aliphatic rings. The lowest BCUT2D eigenvalue weighted by Gasteiger charge is -2.24. The van der Waals surface area contributed by atoms with E-state index in [9.17, 15) is 9.59 Å². The molecule has 0 aliphatic carbocycles. The third kappa shape index (κ3) is 3.22. The fourth-order valence-electron chi connectivity index (χ4n) is 2.41. The molecule has 2 aromatic heterocycles. The van der Waals surface area contributed by atoms with Crippen LogP contribution in [0.5, 0.6) is 0 Å². The fraction of sp³-hybridized carbons (Fsp3) is 0.462. The van der Waals surface area contributed by atoms with E-state index in [0.717, 1.165) is 19.4 Å². The second kappa shape index (κ2) is 5.96. The summed E-state index contributed by atoms with van der Waals surface area (Å²) < 4.78 is 10.9. The van der Waals surface area contributed by atoms with E-state index in [1.54, 1.807) is 17.2 Å².